The Morgan fingerprint density at radius 3 is 2.51 bits per heavy atom. The highest BCUT2D eigenvalue weighted by molar-refractivity contribution is 7.81. The van der Waals surface area contributed by atoms with Crippen LogP contribution in [-0.4, -0.2) is 78.4 Å². The van der Waals surface area contributed by atoms with Crippen molar-refractivity contribution < 1.29 is 9.47 Å². The van der Waals surface area contributed by atoms with E-state index in [4.69, 9.17) is 19.4 Å². The summed E-state index contributed by atoms with van der Waals surface area (Å²) in [5.74, 6) is 3.14. The molecule has 0 unspecified atom stereocenters. The molecule has 0 amide bonds. The quantitative estimate of drug-likeness (QED) is 0.304. The fraction of sp³-hybridized carbons (Fsp3) is 0.581. The van der Waals surface area contributed by atoms with Crippen LogP contribution in [0, 0.1) is 5.92 Å². The number of rotatable bonds is 8. The molecular weight excluding hydrogens is 534 g/mol. The Kier molecular flexibility index (Phi) is 8.69. The van der Waals surface area contributed by atoms with E-state index in [0.717, 1.165) is 91.1 Å². The molecule has 3 fully saturated rings. The Morgan fingerprint density at radius 2 is 1.83 bits per heavy atom. The highest BCUT2D eigenvalue weighted by atomic mass is 32.1. The van der Waals surface area contributed by atoms with Gasteiger partial charge < -0.3 is 24.4 Å². The highest BCUT2D eigenvalue weighted by Crippen LogP contribution is 2.38. The molecule has 2 aromatic heterocycles. The predicted molar refractivity (Wildman–Crippen MR) is 169 cm³/mol. The van der Waals surface area contributed by atoms with Crippen molar-refractivity contribution in [2.75, 3.05) is 61.4 Å². The van der Waals surface area contributed by atoms with Crippen LogP contribution in [0.5, 0.6) is 5.75 Å². The number of hydrogen-bond acceptors (Lipinski definition) is 10. The number of pyridine rings is 1. The molecule has 1 atom stereocenters. The van der Waals surface area contributed by atoms with E-state index in [-0.39, 0.29) is 0 Å². The SMILES string of the molecule is CCc1nc2c(NS)ncc(-c3ccc(N4CCC(N5CC[C@H](C)C5)CC4)c(OC)c3)c2nc1NC1CCOCC1. The van der Waals surface area contributed by atoms with Crippen LogP contribution in [-0.2, 0) is 11.2 Å². The van der Waals surface area contributed by atoms with Gasteiger partial charge in [0.2, 0.25) is 0 Å². The molecular formula is C31H43N7O2S. The molecule has 0 spiro atoms. The predicted octanol–water partition coefficient (Wildman–Crippen LogP) is 5.42. The summed E-state index contributed by atoms with van der Waals surface area (Å²) >= 11 is 4.31. The van der Waals surface area contributed by atoms with E-state index in [2.05, 4.69) is 69.7 Å². The lowest BCUT2D eigenvalue weighted by Crippen LogP contribution is -2.44. The zero-order valence-electron chi connectivity index (χ0n) is 24.5. The molecule has 41 heavy (non-hydrogen) atoms. The van der Waals surface area contributed by atoms with E-state index in [1.807, 2.05) is 6.20 Å². The molecule has 0 radical (unpaired) electrons. The van der Waals surface area contributed by atoms with E-state index in [1.54, 1.807) is 7.11 Å². The zero-order valence-corrected chi connectivity index (χ0v) is 25.4. The first-order valence-corrected chi connectivity index (χ1v) is 15.6. The summed E-state index contributed by atoms with van der Waals surface area (Å²) in [4.78, 5) is 20.0. The summed E-state index contributed by atoms with van der Waals surface area (Å²) in [7, 11) is 1.76. The molecule has 2 N–H and O–H groups in total. The molecule has 9 nitrogen and oxygen atoms in total. The van der Waals surface area contributed by atoms with Crippen LogP contribution in [0.25, 0.3) is 22.2 Å². The second kappa shape index (κ2) is 12.6. The number of piperidine rings is 1. The van der Waals surface area contributed by atoms with Gasteiger partial charge in [0.15, 0.2) is 5.82 Å². The third-order valence-electron chi connectivity index (χ3n) is 9.04. The molecule has 3 aliphatic heterocycles. The van der Waals surface area contributed by atoms with Gasteiger partial charge in [-0.1, -0.05) is 32.7 Å². The number of nitrogens with zero attached hydrogens (tertiary/aromatic N) is 5. The van der Waals surface area contributed by atoms with Gasteiger partial charge in [-0.05, 0) is 68.7 Å². The molecule has 6 rings (SSSR count). The minimum Gasteiger partial charge on any atom is -0.495 e. The van der Waals surface area contributed by atoms with Crippen molar-refractivity contribution in [3.05, 3.63) is 30.1 Å². The number of anilines is 3. The lowest BCUT2D eigenvalue weighted by atomic mass is 10.0. The van der Waals surface area contributed by atoms with Crippen LogP contribution >= 0.6 is 12.8 Å². The van der Waals surface area contributed by atoms with E-state index in [9.17, 15) is 0 Å². The largest absolute Gasteiger partial charge is 0.495 e. The number of likely N-dealkylation sites (tertiary alicyclic amines) is 1. The number of methoxy groups -OCH3 is 1. The third kappa shape index (κ3) is 5.92. The number of aromatic nitrogens is 3. The Morgan fingerprint density at radius 1 is 1.02 bits per heavy atom. The van der Waals surface area contributed by atoms with E-state index < -0.39 is 0 Å². The van der Waals surface area contributed by atoms with Crippen molar-refractivity contribution in [3.63, 3.8) is 0 Å². The van der Waals surface area contributed by atoms with Gasteiger partial charge in [-0.15, -0.1) is 0 Å². The molecule has 220 valence electrons. The summed E-state index contributed by atoms with van der Waals surface area (Å²) in [5, 5.41) is 3.66. The summed E-state index contributed by atoms with van der Waals surface area (Å²) in [6, 6.07) is 7.50. The fourth-order valence-electron chi connectivity index (χ4n) is 6.64. The lowest BCUT2D eigenvalue weighted by Gasteiger charge is -2.38. The Labute approximate surface area is 249 Å². The number of thiol groups is 1. The van der Waals surface area contributed by atoms with Gasteiger partial charge in [0.1, 0.15) is 22.6 Å². The van der Waals surface area contributed by atoms with Gasteiger partial charge in [0, 0.05) is 56.7 Å². The van der Waals surface area contributed by atoms with Gasteiger partial charge in [-0.2, -0.15) is 0 Å². The lowest BCUT2D eigenvalue weighted by molar-refractivity contribution is 0.0903. The number of nitrogens with one attached hydrogen (secondary N) is 2. The van der Waals surface area contributed by atoms with Crippen molar-refractivity contribution in [1.29, 1.82) is 0 Å². The topological polar surface area (TPSA) is 87.7 Å². The second-order valence-corrected chi connectivity index (χ2v) is 12.0. The average molecular weight is 578 g/mol. The molecule has 3 saturated heterocycles. The molecule has 1 aromatic carbocycles. The summed E-state index contributed by atoms with van der Waals surface area (Å²) in [6.45, 7) is 10.6. The third-order valence-corrected chi connectivity index (χ3v) is 9.25. The van der Waals surface area contributed by atoms with Gasteiger partial charge in [-0.3, -0.25) is 4.90 Å². The molecule has 5 heterocycles. The summed E-state index contributed by atoms with van der Waals surface area (Å²) in [6.07, 6.45) is 8.27. The van der Waals surface area contributed by atoms with Gasteiger partial charge in [0.25, 0.3) is 0 Å². The number of fused-ring (bicyclic) bond motifs is 1. The highest BCUT2D eigenvalue weighted by Gasteiger charge is 2.30. The number of aryl methyl sites for hydroxylation is 1. The smallest absolute Gasteiger partial charge is 0.164 e. The summed E-state index contributed by atoms with van der Waals surface area (Å²) in [5.41, 5.74) is 5.51. The van der Waals surface area contributed by atoms with E-state index in [0.29, 0.717) is 23.4 Å². The molecule has 10 heteroatoms. The van der Waals surface area contributed by atoms with Crippen LogP contribution in [0.2, 0.25) is 0 Å². The Bertz CT molecular complexity index is 1360. The zero-order chi connectivity index (χ0) is 28.3. The molecule has 0 bridgehead atoms. The maximum Gasteiger partial charge on any atom is 0.164 e. The number of hydrogen-bond donors (Lipinski definition) is 3. The molecule has 0 saturated carbocycles. The maximum atomic E-state index is 5.96. The maximum absolute atomic E-state index is 5.96. The van der Waals surface area contributed by atoms with Crippen molar-refractivity contribution in [2.24, 2.45) is 5.92 Å². The van der Waals surface area contributed by atoms with Gasteiger partial charge >= 0.3 is 0 Å². The van der Waals surface area contributed by atoms with Crippen molar-refractivity contribution in [1.82, 2.24) is 19.9 Å². The standard InChI is InChI=1S/C31H43N7O2S/c1-4-25-30(33-22-10-15-40-16-11-22)35-28-24(18-32-31(36-41)29(28)34-25)21-5-6-26(27(17-21)39-3)37-13-8-23(9-14-37)38-12-7-20(2)19-38/h5-6,17-18,20,22-23,41H,4,7-16,19H2,1-3H3,(H,32,36)(H,33,35)/t20-/m0/s1. The van der Waals surface area contributed by atoms with E-state index in [1.165, 1.54) is 32.4 Å². The Balaban J connectivity index is 1.30. The molecule has 3 aliphatic rings. The number of ether oxygens (including phenoxy) is 2. The first-order chi connectivity index (χ1) is 20.1. The molecule has 0 aliphatic carbocycles. The first-order valence-electron chi connectivity index (χ1n) is 15.2. The average Bonchev–Trinajstić information content (AvgIpc) is 3.46. The summed E-state index contributed by atoms with van der Waals surface area (Å²) < 4.78 is 14.4. The van der Waals surface area contributed by atoms with Crippen LogP contribution in [0.3, 0.4) is 0 Å². The van der Waals surface area contributed by atoms with Crippen LogP contribution in [0.1, 0.15) is 51.6 Å². The Hall–Kier alpha value is -2.82. The second-order valence-electron chi connectivity index (χ2n) is 11.7. The van der Waals surface area contributed by atoms with E-state index >= 15 is 0 Å². The van der Waals surface area contributed by atoms with Crippen LogP contribution in [0.15, 0.2) is 24.4 Å². The van der Waals surface area contributed by atoms with Gasteiger partial charge in [0.05, 0.1) is 18.5 Å². The number of benzene rings is 1. The van der Waals surface area contributed by atoms with Crippen LogP contribution in [0.4, 0.5) is 17.3 Å². The first kappa shape index (κ1) is 28.3. The monoisotopic (exact) mass is 577 g/mol. The fourth-order valence-corrected chi connectivity index (χ4v) is 6.81. The van der Waals surface area contributed by atoms with Crippen LogP contribution < -0.4 is 19.7 Å². The minimum absolute atomic E-state index is 0.325. The van der Waals surface area contributed by atoms with Crippen molar-refractivity contribution >= 4 is 41.2 Å². The minimum atomic E-state index is 0.325. The molecule has 3 aromatic rings. The normalized spacial score (nSPS) is 21.0. The van der Waals surface area contributed by atoms with Gasteiger partial charge in [-0.25, -0.2) is 15.0 Å². The van der Waals surface area contributed by atoms with Crippen molar-refractivity contribution in [2.45, 2.75) is 64.5 Å². The van der Waals surface area contributed by atoms with Crippen molar-refractivity contribution in [3.8, 4) is 16.9 Å².